The smallest absolute Gasteiger partial charge is 0.338 e. The molecule has 0 heterocycles. The van der Waals surface area contributed by atoms with Gasteiger partial charge in [-0.3, -0.25) is 4.79 Å². The van der Waals surface area contributed by atoms with Gasteiger partial charge in [0.1, 0.15) is 19.0 Å². The molecule has 1 aromatic rings. The zero-order valence-corrected chi connectivity index (χ0v) is 29.6. The number of benzene rings is 1. The number of hydrogen-bond acceptors (Lipinski definition) is 6. The molecule has 0 aliphatic heterocycles. The van der Waals surface area contributed by atoms with Crippen molar-refractivity contribution in [2.24, 2.45) is 0 Å². The summed E-state index contributed by atoms with van der Waals surface area (Å²) in [5, 5.41) is 10.9. The average Bonchev–Trinajstić information content (AvgIpc) is 2.93. The number of carbonyl (C=O) groups is 2. The van der Waals surface area contributed by atoms with Gasteiger partial charge in [0.2, 0.25) is 0 Å². The van der Waals surface area contributed by atoms with Crippen LogP contribution in [0.2, 0.25) is 0 Å². The van der Waals surface area contributed by atoms with Crippen LogP contribution in [0.3, 0.4) is 0 Å². The summed E-state index contributed by atoms with van der Waals surface area (Å²) in [6, 6.07) is 3.50. The van der Waals surface area contributed by atoms with E-state index >= 15 is 0 Å². The van der Waals surface area contributed by atoms with E-state index in [1.807, 2.05) is 41.5 Å². The normalized spacial score (nSPS) is 12.0. The Labute approximate surface area is 268 Å². The first kappa shape index (κ1) is 39.3. The highest BCUT2D eigenvalue weighted by atomic mass is 32.2. The molecule has 43 heavy (non-hydrogen) atoms. The highest BCUT2D eigenvalue weighted by Crippen LogP contribution is 2.39. The van der Waals surface area contributed by atoms with Crippen molar-refractivity contribution >= 4 is 23.7 Å². The first-order chi connectivity index (χ1) is 20.4. The van der Waals surface area contributed by atoms with Crippen LogP contribution in [0.15, 0.2) is 12.1 Å². The van der Waals surface area contributed by atoms with Crippen LogP contribution in [0.1, 0.15) is 173 Å². The fourth-order valence-corrected chi connectivity index (χ4v) is 5.81. The van der Waals surface area contributed by atoms with Gasteiger partial charge in [-0.2, -0.15) is 11.8 Å². The second-order valence-electron chi connectivity index (χ2n) is 14.1. The molecular formula is C37H64O5S. The first-order valence-electron chi connectivity index (χ1n) is 17.2. The summed E-state index contributed by atoms with van der Waals surface area (Å²) in [6.07, 6.45) is 20.2. The Morgan fingerprint density at radius 1 is 0.651 bits per heavy atom. The molecule has 248 valence electrons. The standard InChI is InChI=1S/C37H64O5S/c1-8-9-10-11-12-13-14-15-16-17-18-19-20-21-22-23-33(38)41-24-26-43-27-25-42-35(40)30-28-31(36(2,3)4)34(39)32(29-30)37(5,6)7/h28-29,39H,8-27H2,1-7H3. The van der Waals surface area contributed by atoms with Crippen LogP contribution in [0.25, 0.3) is 0 Å². The molecule has 1 aromatic carbocycles. The van der Waals surface area contributed by atoms with Crippen LogP contribution in [0.5, 0.6) is 5.75 Å². The van der Waals surface area contributed by atoms with Crippen molar-refractivity contribution in [2.45, 2.75) is 162 Å². The van der Waals surface area contributed by atoms with E-state index in [0.717, 1.165) is 24.0 Å². The van der Waals surface area contributed by atoms with Gasteiger partial charge in [0.25, 0.3) is 0 Å². The number of phenols is 1. The van der Waals surface area contributed by atoms with Gasteiger partial charge in [-0.05, 0) is 29.4 Å². The van der Waals surface area contributed by atoms with Crippen LogP contribution >= 0.6 is 11.8 Å². The Bertz CT molecular complexity index is 878. The highest BCUT2D eigenvalue weighted by molar-refractivity contribution is 7.99. The molecule has 0 spiro atoms. The number of hydrogen-bond donors (Lipinski definition) is 1. The van der Waals surface area contributed by atoms with E-state index < -0.39 is 0 Å². The third-order valence-corrected chi connectivity index (χ3v) is 8.81. The zero-order valence-electron chi connectivity index (χ0n) is 28.8. The fourth-order valence-electron chi connectivity index (χ4n) is 5.20. The number of rotatable bonds is 23. The molecule has 0 fully saturated rings. The third-order valence-electron chi connectivity index (χ3n) is 7.90. The molecule has 0 atom stereocenters. The molecule has 0 aliphatic rings. The summed E-state index contributed by atoms with van der Waals surface area (Å²) in [5.74, 6) is 1.08. The second kappa shape index (κ2) is 21.9. The maximum atomic E-state index is 12.8. The Hall–Kier alpha value is -1.69. The van der Waals surface area contributed by atoms with Crippen molar-refractivity contribution in [3.63, 3.8) is 0 Å². The Morgan fingerprint density at radius 2 is 1.05 bits per heavy atom. The molecule has 0 saturated heterocycles. The van der Waals surface area contributed by atoms with Gasteiger partial charge >= 0.3 is 11.9 Å². The lowest BCUT2D eigenvalue weighted by molar-refractivity contribution is -0.143. The lowest BCUT2D eigenvalue weighted by Gasteiger charge is -2.27. The summed E-state index contributed by atoms with van der Waals surface area (Å²) in [4.78, 5) is 24.8. The van der Waals surface area contributed by atoms with E-state index in [0.29, 0.717) is 30.1 Å². The Balaban J connectivity index is 2.08. The molecule has 0 aliphatic carbocycles. The number of phenolic OH excluding ortho intramolecular Hbond substituents is 1. The molecule has 0 bridgehead atoms. The highest BCUT2D eigenvalue weighted by Gasteiger charge is 2.28. The molecule has 1 N–H and O–H groups in total. The SMILES string of the molecule is CCCCCCCCCCCCCCCCCC(=O)OCCSCCOC(=O)c1cc(C(C)(C)C)c(O)c(C(C)(C)C)c1. The van der Waals surface area contributed by atoms with Gasteiger partial charge in [0.05, 0.1) is 5.56 Å². The predicted octanol–water partition coefficient (Wildman–Crippen LogP) is 10.7. The Kier molecular flexibility index (Phi) is 20.0. The molecule has 1 rings (SSSR count). The summed E-state index contributed by atoms with van der Waals surface area (Å²) in [6.45, 7) is 15.1. The monoisotopic (exact) mass is 620 g/mol. The molecule has 0 unspecified atom stereocenters. The van der Waals surface area contributed by atoms with Crippen molar-refractivity contribution in [3.8, 4) is 5.75 Å². The Morgan fingerprint density at radius 3 is 1.47 bits per heavy atom. The van der Waals surface area contributed by atoms with Crippen LogP contribution < -0.4 is 0 Å². The molecule has 6 heteroatoms. The average molecular weight is 621 g/mol. The molecule has 0 saturated carbocycles. The van der Waals surface area contributed by atoms with Gasteiger partial charge in [-0.1, -0.05) is 138 Å². The van der Waals surface area contributed by atoms with E-state index in [2.05, 4.69) is 6.92 Å². The van der Waals surface area contributed by atoms with Crippen molar-refractivity contribution in [2.75, 3.05) is 24.7 Å². The van der Waals surface area contributed by atoms with E-state index in [-0.39, 0.29) is 35.1 Å². The number of unbranched alkanes of at least 4 members (excludes halogenated alkanes) is 14. The molecule has 0 aromatic heterocycles. The van der Waals surface area contributed by atoms with E-state index in [9.17, 15) is 14.7 Å². The summed E-state index contributed by atoms with van der Waals surface area (Å²) < 4.78 is 10.9. The number of carbonyl (C=O) groups excluding carboxylic acids is 2. The molecule has 0 radical (unpaired) electrons. The van der Waals surface area contributed by atoms with Gasteiger partial charge in [-0.25, -0.2) is 4.79 Å². The van der Waals surface area contributed by atoms with Gasteiger partial charge < -0.3 is 14.6 Å². The summed E-state index contributed by atoms with van der Waals surface area (Å²) in [5.41, 5.74) is 1.34. The quantitative estimate of drug-likeness (QED) is 0.0969. The van der Waals surface area contributed by atoms with E-state index in [1.54, 1.807) is 23.9 Å². The molecule has 0 amide bonds. The number of esters is 2. The maximum Gasteiger partial charge on any atom is 0.338 e. The molecular weight excluding hydrogens is 556 g/mol. The van der Waals surface area contributed by atoms with E-state index in [4.69, 9.17) is 9.47 Å². The van der Waals surface area contributed by atoms with Crippen molar-refractivity contribution in [1.29, 1.82) is 0 Å². The largest absolute Gasteiger partial charge is 0.507 e. The minimum Gasteiger partial charge on any atom is -0.507 e. The van der Waals surface area contributed by atoms with Crippen LogP contribution in [-0.4, -0.2) is 41.8 Å². The fraction of sp³-hybridized carbons (Fsp3) is 0.784. The minimum absolute atomic E-state index is 0.113. The van der Waals surface area contributed by atoms with Gasteiger partial charge in [-0.15, -0.1) is 0 Å². The number of aromatic hydroxyl groups is 1. The number of ether oxygens (including phenoxy) is 2. The first-order valence-corrected chi connectivity index (χ1v) is 18.3. The van der Waals surface area contributed by atoms with Crippen molar-refractivity contribution in [3.05, 3.63) is 28.8 Å². The number of thioether (sulfide) groups is 1. The van der Waals surface area contributed by atoms with Crippen LogP contribution in [0.4, 0.5) is 0 Å². The second-order valence-corrected chi connectivity index (χ2v) is 15.3. The van der Waals surface area contributed by atoms with Crippen LogP contribution in [-0.2, 0) is 25.1 Å². The summed E-state index contributed by atoms with van der Waals surface area (Å²) >= 11 is 1.60. The van der Waals surface area contributed by atoms with Gasteiger partial charge in [0, 0.05) is 29.1 Å². The van der Waals surface area contributed by atoms with E-state index in [1.165, 1.54) is 83.5 Å². The zero-order chi connectivity index (χ0) is 32.1. The third kappa shape index (κ3) is 18.0. The van der Waals surface area contributed by atoms with Gasteiger partial charge in [0.15, 0.2) is 0 Å². The minimum atomic E-state index is -0.383. The lowest BCUT2D eigenvalue weighted by Crippen LogP contribution is -2.19. The topological polar surface area (TPSA) is 72.8 Å². The lowest BCUT2D eigenvalue weighted by atomic mass is 9.78. The van der Waals surface area contributed by atoms with Crippen molar-refractivity contribution < 1.29 is 24.2 Å². The predicted molar refractivity (Wildman–Crippen MR) is 184 cm³/mol. The van der Waals surface area contributed by atoms with Crippen LogP contribution in [0, 0.1) is 0 Å². The molecule has 5 nitrogen and oxygen atoms in total. The maximum absolute atomic E-state index is 12.8. The summed E-state index contributed by atoms with van der Waals surface area (Å²) in [7, 11) is 0. The van der Waals surface area contributed by atoms with Crippen molar-refractivity contribution in [1.82, 2.24) is 0 Å².